The molecule has 0 aromatic carbocycles. The number of aromatic nitrogens is 5. The van der Waals surface area contributed by atoms with E-state index in [0.717, 1.165) is 74.6 Å². The maximum absolute atomic E-state index is 14.6. The summed E-state index contributed by atoms with van der Waals surface area (Å²) >= 11 is 5.03. The molecule has 10 aliphatic rings. The lowest BCUT2D eigenvalue weighted by atomic mass is 9.81. The van der Waals surface area contributed by atoms with Gasteiger partial charge in [-0.3, -0.25) is 28.7 Å². The number of nitrogens with one attached hydrogen (secondary N) is 5. The number of ketones is 1. The third-order valence-electron chi connectivity index (χ3n) is 20.7. The molecule has 25 nitrogen and oxygen atoms in total. The average molecular weight is 1320 g/mol. The van der Waals surface area contributed by atoms with Crippen LogP contribution in [-0.2, 0) is 73.1 Å². The van der Waals surface area contributed by atoms with Crippen molar-refractivity contribution in [1.82, 2.24) is 51.1 Å². The van der Waals surface area contributed by atoms with Crippen molar-refractivity contribution in [2.45, 2.75) is 271 Å². The van der Waals surface area contributed by atoms with Gasteiger partial charge in [0.1, 0.15) is 54.1 Å². The molecule has 1 spiro atoms. The summed E-state index contributed by atoms with van der Waals surface area (Å²) in [6.07, 6.45) is 10.6. The highest BCUT2D eigenvalue weighted by molar-refractivity contribution is 7.71. The molecule has 6 N–H and O–H groups in total. The predicted molar refractivity (Wildman–Crippen MR) is 341 cm³/mol. The average Bonchev–Trinajstić information content (AvgIpc) is 1.56. The summed E-state index contributed by atoms with van der Waals surface area (Å²) in [5.74, 6) is -3.28. The van der Waals surface area contributed by atoms with E-state index in [1.165, 1.54) is 0 Å². The number of methoxy groups -OCH3 is 1. The van der Waals surface area contributed by atoms with Crippen LogP contribution in [0.25, 0.3) is 11.3 Å². The van der Waals surface area contributed by atoms with Gasteiger partial charge >= 0.3 is 0 Å². The van der Waals surface area contributed by atoms with Gasteiger partial charge in [0.25, 0.3) is 0 Å². The quantitative estimate of drug-likeness (QED) is 0.0456. The molecule has 2 aromatic heterocycles. The zero-order valence-electron chi connectivity index (χ0n) is 55.0. The van der Waals surface area contributed by atoms with Crippen LogP contribution in [0.2, 0.25) is 0 Å². The number of nitrogens with zero attached hydrogens (tertiary/aromatic N) is 5. The van der Waals surface area contributed by atoms with Gasteiger partial charge in [-0.15, -0.1) is 5.10 Å². The van der Waals surface area contributed by atoms with Crippen molar-refractivity contribution in [3.05, 3.63) is 47.7 Å². The first-order valence-corrected chi connectivity index (χ1v) is 34.7. The molecule has 0 aliphatic carbocycles. The first kappa shape index (κ1) is 69.4. The predicted octanol–water partition coefficient (Wildman–Crippen LogP) is 5.04. The third-order valence-corrected chi connectivity index (χ3v) is 20.9. The molecule has 26 heteroatoms. The minimum Gasteiger partial charge on any atom is -0.391 e. The number of unbranched alkanes of at least 4 members (excludes halogenated alkanes) is 3. The van der Waals surface area contributed by atoms with E-state index < -0.39 is 84.7 Å². The first-order chi connectivity index (χ1) is 44.7. The number of ether oxygens (including phenoxy) is 9. The molecule has 4 amide bonds. The van der Waals surface area contributed by atoms with E-state index in [4.69, 9.17) is 54.8 Å². The molecule has 10 saturated heterocycles. The van der Waals surface area contributed by atoms with E-state index >= 15 is 0 Å². The summed E-state index contributed by atoms with van der Waals surface area (Å²) in [4.78, 5) is 78.2. The van der Waals surface area contributed by atoms with Crippen LogP contribution in [0.5, 0.6) is 0 Å². The van der Waals surface area contributed by atoms with Crippen molar-refractivity contribution in [3.8, 4) is 11.3 Å². The maximum Gasteiger partial charge on any atom is 0.243 e. The molecular formula is C67H100N10O15S. The maximum atomic E-state index is 14.6. The van der Waals surface area contributed by atoms with Gasteiger partial charge in [0.15, 0.2) is 10.6 Å². The fourth-order valence-corrected chi connectivity index (χ4v) is 15.8. The SMILES string of the molecule is C=C1C[C@@H]2CC[C@@]34CC5O[C@H]6[C@@H](O3)[C@H]3O[C@H](CC[C@@H]3O[C@H]6[C@H]5O4)CC(=O)C[C@@H]3[C@@H](OC)[C@@H](C[C@H](O)CNC(=O)CNC(=O)[C@H](CCCCN(C)C)NC(=O)[C@@H](NC(=O)CCCCCn4cc(-c5cnc(=S)[nH]c5)nn4)C(C)C)O[C@H]3C[C@H]3O[C@@H](CCC1O2)C[C@@H](C)C3=C. The summed E-state index contributed by atoms with van der Waals surface area (Å²) in [6.45, 7) is 15.6. The minimum atomic E-state index is -1.10. The number of carbonyl (C=O) groups excluding carboxylic acids is 5. The highest BCUT2D eigenvalue weighted by Crippen LogP contribution is 2.54. The molecule has 10 aliphatic heterocycles. The minimum absolute atomic E-state index is 0.00237. The fraction of sp³-hybridized carbons (Fsp3) is 0.776. The van der Waals surface area contributed by atoms with Crippen LogP contribution in [0.3, 0.4) is 0 Å². The van der Waals surface area contributed by atoms with Crippen molar-refractivity contribution in [1.29, 1.82) is 0 Å². The summed E-state index contributed by atoms with van der Waals surface area (Å²) in [5.41, 5.74) is 3.49. The number of fused-ring (bicyclic) bond motifs is 6. The Morgan fingerprint density at radius 1 is 0.828 bits per heavy atom. The van der Waals surface area contributed by atoms with Crippen molar-refractivity contribution < 1.29 is 71.7 Å². The van der Waals surface area contributed by atoms with Crippen LogP contribution >= 0.6 is 12.2 Å². The summed E-state index contributed by atoms with van der Waals surface area (Å²) in [6, 6.07) is -1.90. The molecule has 2 aromatic rings. The second-order valence-electron chi connectivity index (χ2n) is 28.3. The zero-order valence-corrected chi connectivity index (χ0v) is 55.9. The third kappa shape index (κ3) is 17.1. The standard InChI is InChI=1S/C67H100N10O15S/c1-36(2)57(73-55(80)15-10-9-12-23-77-35-48(74-75-77)40-31-70-66(93)71-32-40)65(83)72-47(14-11-13-22-76(6)7)64(82)69-34-56(81)68-33-42(79)28-53-58(84-8)46-27-41(78)26-44-17-19-50-59(87-44)63-62-61(89-50)60-54(90-62)30-67(91-60,92-63)21-20-45-25-38(4)49(85-45)18-16-43-24-37(3)39(5)51(86-43)29-52(46)88-53/h31-32,35-37,42-47,49-54,57-63,79H,4-5,9-30,33-34H2,1-3,6-8H3,(H,68,81)(H,69,82)(H,72,83)(H,73,80)(H,70,71,93)/t37-,42+,43+,44-,45+,46+,47+,49?,50+,51-,52+,53-,54?,57+,58-,59+,60+,61+,62-,63+,67+/m1/s1. The van der Waals surface area contributed by atoms with E-state index in [2.05, 4.69) is 61.6 Å². The smallest absolute Gasteiger partial charge is 0.243 e. The Kier molecular flexibility index (Phi) is 23.2. The lowest BCUT2D eigenvalue weighted by Gasteiger charge is -2.47. The Labute approximate surface area is 550 Å². The summed E-state index contributed by atoms with van der Waals surface area (Å²) < 4.78 is 63.1. The van der Waals surface area contributed by atoms with E-state index in [9.17, 15) is 29.1 Å². The Morgan fingerprint density at radius 2 is 1.60 bits per heavy atom. The molecule has 12 heterocycles. The first-order valence-electron chi connectivity index (χ1n) is 34.3. The number of rotatable bonds is 24. The molecule has 10 fully saturated rings. The van der Waals surface area contributed by atoms with Crippen molar-refractivity contribution >= 4 is 41.6 Å². The van der Waals surface area contributed by atoms with E-state index in [0.29, 0.717) is 68.4 Å². The number of H-pyrrole nitrogens is 1. The molecule has 12 bridgehead atoms. The van der Waals surface area contributed by atoms with Gasteiger partial charge in [0.05, 0.1) is 79.9 Å². The van der Waals surface area contributed by atoms with Crippen LogP contribution in [0, 0.1) is 22.5 Å². The molecular weight excluding hydrogens is 1220 g/mol. The normalized spacial score (nSPS) is 35.0. The van der Waals surface area contributed by atoms with Gasteiger partial charge in [0.2, 0.25) is 23.6 Å². The topological polar surface area (TPSA) is 299 Å². The Balaban J connectivity index is 0.685. The number of hydrogen-bond donors (Lipinski definition) is 6. The number of aliphatic hydroxyl groups is 1. The van der Waals surface area contributed by atoms with Gasteiger partial charge in [-0.2, -0.15) is 0 Å². The van der Waals surface area contributed by atoms with Gasteiger partial charge < -0.3 is 78.9 Å². The van der Waals surface area contributed by atoms with Gasteiger partial charge in [-0.1, -0.05) is 45.6 Å². The largest absolute Gasteiger partial charge is 0.391 e. The number of aliphatic hydroxyl groups excluding tert-OH is 1. The number of carbonyl (C=O) groups is 5. The number of amides is 4. The second-order valence-corrected chi connectivity index (χ2v) is 28.7. The van der Waals surface area contributed by atoms with Gasteiger partial charge in [0, 0.05) is 89.0 Å². The summed E-state index contributed by atoms with van der Waals surface area (Å²) in [7, 11) is 5.51. The van der Waals surface area contributed by atoms with E-state index in [1.807, 2.05) is 39.0 Å². The highest BCUT2D eigenvalue weighted by atomic mass is 32.1. The molecule has 0 saturated carbocycles. The Hall–Kier alpha value is -4.97. The van der Waals surface area contributed by atoms with E-state index in [1.54, 1.807) is 24.2 Å². The van der Waals surface area contributed by atoms with Crippen molar-refractivity contribution in [2.75, 3.05) is 40.8 Å². The van der Waals surface area contributed by atoms with Gasteiger partial charge in [-0.25, -0.2) is 4.98 Å². The Morgan fingerprint density at radius 3 is 2.39 bits per heavy atom. The molecule has 93 heavy (non-hydrogen) atoms. The zero-order chi connectivity index (χ0) is 65.7. The van der Waals surface area contributed by atoms with Crippen molar-refractivity contribution in [3.63, 3.8) is 0 Å². The highest BCUT2D eigenvalue weighted by Gasteiger charge is 2.69. The molecule has 0 radical (unpaired) electrons. The Bertz CT molecular complexity index is 3000. The molecule has 12 rings (SSSR count). The van der Waals surface area contributed by atoms with Gasteiger partial charge in [-0.05, 0) is 133 Å². The monoisotopic (exact) mass is 1320 g/mol. The molecule has 21 atom stereocenters. The lowest BCUT2D eigenvalue weighted by molar-refractivity contribution is -0.292. The van der Waals surface area contributed by atoms with Crippen LogP contribution in [0.4, 0.5) is 0 Å². The molecule has 2 unspecified atom stereocenters. The van der Waals surface area contributed by atoms with E-state index in [-0.39, 0.29) is 117 Å². The van der Waals surface area contributed by atoms with Crippen LogP contribution in [0.1, 0.15) is 149 Å². The summed E-state index contributed by atoms with van der Waals surface area (Å²) in [5, 5.41) is 31.3. The number of Topliss-reactive ketones (excluding diaryl/α,β-unsaturated/α-hetero) is 1. The number of aromatic amines is 1. The van der Waals surface area contributed by atoms with Crippen LogP contribution < -0.4 is 21.3 Å². The lowest BCUT2D eigenvalue weighted by Crippen LogP contribution is -2.61. The van der Waals surface area contributed by atoms with Crippen LogP contribution in [0.15, 0.2) is 42.9 Å². The number of aryl methyl sites for hydroxylation is 1. The van der Waals surface area contributed by atoms with Crippen LogP contribution in [-0.4, -0.2) is 221 Å². The fourth-order valence-electron chi connectivity index (χ4n) is 15.7. The second kappa shape index (κ2) is 31.1. The number of hydrogen-bond acceptors (Lipinski definition) is 20. The van der Waals surface area contributed by atoms with Crippen molar-refractivity contribution in [2.24, 2.45) is 17.8 Å². The molecule has 514 valence electrons.